The predicted molar refractivity (Wildman–Crippen MR) is 118 cm³/mol. The highest BCUT2D eigenvalue weighted by atomic mass is 16.4. The van der Waals surface area contributed by atoms with Crippen molar-refractivity contribution in [1.29, 1.82) is 0 Å². The van der Waals surface area contributed by atoms with Crippen LogP contribution < -0.4 is 0 Å². The van der Waals surface area contributed by atoms with E-state index in [4.69, 9.17) is 5.11 Å². The fraction of sp³-hybridized carbons (Fsp3) is 0.875. The van der Waals surface area contributed by atoms with Crippen LogP contribution in [0, 0.1) is 0 Å². The van der Waals surface area contributed by atoms with Crippen molar-refractivity contribution in [1.82, 2.24) is 0 Å². The van der Waals surface area contributed by atoms with E-state index >= 15 is 0 Å². The second-order valence-electron chi connectivity index (χ2n) is 8.20. The van der Waals surface area contributed by atoms with E-state index in [0.717, 1.165) is 57.8 Å². The lowest BCUT2D eigenvalue weighted by atomic mass is 10.0. The van der Waals surface area contributed by atoms with Gasteiger partial charge < -0.3 is 15.3 Å². The number of hydrogen-bond acceptors (Lipinski definition) is 3. The van der Waals surface area contributed by atoms with Crippen LogP contribution in [0.5, 0.6) is 0 Å². The highest BCUT2D eigenvalue weighted by molar-refractivity contribution is 5.66. The minimum Gasteiger partial charge on any atom is -0.481 e. The van der Waals surface area contributed by atoms with Gasteiger partial charge in [0.1, 0.15) is 0 Å². The van der Waals surface area contributed by atoms with Gasteiger partial charge in [0, 0.05) is 6.42 Å². The largest absolute Gasteiger partial charge is 0.481 e. The zero-order chi connectivity index (χ0) is 20.9. The molecule has 0 spiro atoms. The van der Waals surface area contributed by atoms with Crippen LogP contribution in [0.2, 0.25) is 0 Å². The summed E-state index contributed by atoms with van der Waals surface area (Å²) in [5, 5.41) is 28.6. The van der Waals surface area contributed by atoms with Gasteiger partial charge in [-0.25, -0.2) is 0 Å². The summed E-state index contributed by atoms with van der Waals surface area (Å²) in [6.07, 6.45) is 21.8. The molecule has 4 nitrogen and oxygen atoms in total. The number of carboxylic acid groups (broad SMARTS) is 1. The van der Waals surface area contributed by atoms with Crippen molar-refractivity contribution in [3.63, 3.8) is 0 Å². The Bertz CT molecular complexity index is 368. The molecule has 0 aliphatic rings. The number of aliphatic hydroxyl groups excluding tert-OH is 2. The van der Waals surface area contributed by atoms with Crippen molar-refractivity contribution >= 4 is 5.97 Å². The lowest BCUT2D eigenvalue weighted by Crippen LogP contribution is -2.12. The van der Waals surface area contributed by atoms with Crippen molar-refractivity contribution < 1.29 is 20.1 Å². The summed E-state index contributed by atoms with van der Waals surface area (Å²) in [6.45, 7) is 2.23. The fourth-order valence-electron chi connectivity index (χ4n) is 3.42. The highest BCUT2D eigenvalue weighted by Gasteiger charge is 2.08. The Balaban J connectivity index is 3.40. The van der Waals surface area contributed by atoms with Crippen molar-refractivity contribution in [3.8, 4) is 0 Å². The summed E-state index contributed by atoms with van der Waals surface area (Å²) < 4.78 is 0. The fourth-order valence-corrected chi connectivity index (χ4v) is 3.42. The zero-order valence-corrected chi connectivity index (χ0v) is 18.3. The Morgan fingerprint density at radius 2 is 1.29 bits per heavy atom. The number of hydrogen-bond donors (Lipinski definition) is 3. The number of unbranched alkanes of at least 4 members (excludes halogenated alkanes) is 11. The number of allylic oxidation sites excluding steroid dienone is 1. The maximum atomic E-state index is 10.4. The molecule has 2 atom stereocenters. The molecular weight excluding hydrogens is 352 g/mol. The Labute approximate surface area is 173 Å². The van der Waals surface area contributed by atoms with E-state index in [9.17, 15) is 15.0 Å². The van der Waals surface area contributed by atoms with Gasteiger partial charge in [-0.15, -0.1) is 0 Å². The van der Waals surface area contributed by atoms with E-state index < -0.39 is 5.97 Å². The van der Waals surface area contributed by atoms with Gasteiger partial charge in [0.25, 0.3) is 0 Å². The standard InChI is InChI=1S/C24H46O4/c1-2-3-4-5-6-8-11-14-17-22(25)20-21-23(26)18-15-12-9-7-10-13-16-19-24(27)28/h11,14,22-23,25-26H,2-10,12-13,15-21H2,1H3,(H,27,28). The molecule has 0 amide bonds. The van der Waals surface area contributed by atoms with Crippen LogP contribution >= 0.6 is 0 Å². The summed E-state index contributed by atoms with van der Waals surface area (Å²) in [5.41, 5.74) is 0. The molecular formula is C24H46O4. The van der Waals surface area contributed by atoms with Crippen LogP contribution in [-0.4, -0.2) is 33.5 Å². The van der Waals surface area contributed by atoms with Gasteiger partial charge in [0.2, 0.25) is 0 Å². The number of carboxylic acids is 1. The highest BCUT2D eigenvalue weighted by Crippen LogP contribution is 2.14. The molecule has 0 bridgehead atoms. The molecule has 166 valence electrons. The molecule has 0 fully saturated rings. The molecule has 0 aromatic heterocycles. The molecule has 0 aromatic rings. The molecule has 0 aromatic carbocycles. The molecule has 28 heavy (non-hydrogen) atoms. The second-order valence-corrected chi connectivity index (χ2v) is 8.20. The van der Waals surface area contributed by atoms with Gasteiger partial charge in [-0.1, -0.05) is 83.3 Å². The molecule has 2 unspecified atom stereocenters. The van der Waals surface area contributed by atoms with Crippen LogP contribution in [-0.2, 0) is 4.79 Å². The van der Waals surface area contributed by atoms with Gasteiger partial charge in [-0.2, -0.15) is 0 Å². The lowest BCUT2D eigenvalue weighted by Gasteiger charge is -2.13. The van der Waals surface area contributed by atoms with Crippen molar-refractivity contribution in [2.45, 2.75) is 135 Å². The first-order valence-corrected chi connectivity index (χ1v) is 11.8. The minimum absolute atomic E-state index is 0.285. The molecule has 0 saturated carbocycles. The topological polar surface area (TPSA) is 77.8 Å². The summed E-state index contributed by atoms with van der Waals surface area (Å²) in [7, 11) is 0. The van der Waals surface area contributed by atoms with Gasteiger partial charge in [0.15, 0.2) is 0 Å². The predicted octanol–water partition coefficient (Wildman–Crippen LogP) is 6.39. The smallest absolute Gasteiger partial charge is 0.303 e. The molecule has 0 rings (SSSR count). The minimum atomic E-state index is -0.701. The third kappa shape index (κ3) is 21.4. The van der Waals surface area contributed by atoms with Crippen LogP contribution in [0.4, 0.5) is 0 Å². The van der Waals surface area contributed by atoms with Gasteiger partial charge >= 0.3 is 5.97 Å². The Morgan fingerprint density at radius 3 is 1.96 bits per heavy atom. The number of rotatable bonds is 21. The second kappa shape index (κ2) is 20.9. The first-order valence-electron chi connectivity index (χ1n) is 11.8. The molecule has 0 aliphatic carbocycles. The van der Waals surface area contributed by atoms with E-state index in [0.29, 0.717) is 19.3 Å². The quantitative estimate of drug-likeness (QED) is 0.155. The van der Waals surface area contributed by atoms with Gasteiger partial charge in [-0.05, 0) is 44.9 Å². The van der Waals surface area contributed by atoms with E-state index in [-0.39, 0.29) is 18.6 Å². The van der Waals surface area contributed by atoms with E-state index in [2.05, 4.69) is 19.1 Å². The van der Waals surface area contributed by atoms with Crippen molar-refractivity contribution in [2.24, 2.45) is 0 Å². The average Bonchev–Trinajstić information content (AvgIpc) is 2.66. The third-order valence-electron chi connectivity index (χ3n) is 5.31. The molecule has 4 heteroatoms. The molecule has 0 saturated heterocycles. The van der Waals surface area contributed by atoms with Crippen molar-refractivity contribution in [2.75, 3.05) is 0 Å². The Morgan fingerprint density at radius 1 is 0.714 bits per heavy atom. The van der Waals surface area contributed by atoms with Crippen LogP contribution in [0.1, 0.15) is 122 Å². The summed E-state index contributed by atoms with van der Waals surface area (Å²) in [4.78, 5) is 10.4. The van der Waals surface area contributed by atoms with Crippen molar-refractivity contribution in [3.05, 3.63) is 12.2 Å². The molecule has 0 aliphatic heterocycles. The molecule has 0 heterocycles. The summed E-state index contributed by atoms with van der Waals surface area (Å²) in [6, 6.07) is 0. The Kier molecular flexibility index (Phi) is 20.2. The maximum absolute atomic E-state index is 10.4. The number of carbonyl (C=O) groups is 1. The van der Waals surface area contributed by atoms with Crippen LogP contribution in [0.15, 0.2) is 12.2 Å². The zero-order valence-electron chi connectivity index (χ0n) is 18.3. The summed E-state index contributed by atoms with van der Waals surface area (Å²) in [5.74, 6) is -0.701. The maximum Gasteiger partial charge on any atom is 0.303 e. The van der Waals surface area contributed by atoms with E-state index in [1.54, 1.807) is 0 Å². The monoisotopic (exact) mass is 398 g/mol. The van der Waals surface area contributed by atoms with E-state index in [1.807, 2.05) is 0 Å². The molecule has 3 N–H and O–H groups in total. The van der Waals surface area contributed by atoms with Crippen LogP contribution in [0.3, 0.4) is 0 Å². The number of aliphatic hydroxyl groups is 2. The van der Waals surface area contributed by atoms with Gasteiger partial charge in [-0.3, -0.25) is 4.79 Å². The first-order chi connectivity index (χ1) is 13.6. The average molecular weight is 399 g/mol. The lowest BCUT2D eigenvalue weighted by molar-refractivity contribution is -0.137. The molecule has 0 radical (unpaired) electrons. The van der Waals surface area contributed by atoms with Crippen LogP contribution in [0.25, 0.3) is 0 Å². The normalized spacial score (nSPS) is 13.8. The first kappa shape index (κ1) is 27.1. The third-order valence-corrected chi connectivity index (χ3v) is 5.31. The van der Waals surface area contributed by atoms with E-state index in [1.165, 1.54) is 32.1 Å². The summed E-state index contributed by atoms with van der Waals surface area (Å²) >= 11 is 0. The Hall–Kier alpha value is -0.870. The van der Waals surface area contributed by atoms with Gasteiger partial charge in [0.05, 0.1) is 12.2 Å². The SMILES string of the molecule is CCCCCCCC=CCC(O)CCC(O)CCCCCCCCCC(=O)O. The number of aliphatic carboxylic acids is 1.